The number of hydrogen-bond donors (Lipinski definition) is 1. The number of anilines is 1. The Morgan fingerprint density at radius 3 is 2.78 bits per heavy atom. The SMILES string of the molecule is CNc1cc(C2CC2)nc(-c2cnccc2C)n1. The Morgan fingerprint density at radius 1 is 1.28 bits per heavy atom. The highest BCUT2D eigenvalue weighted by atomic mass is 15.0. The van der Waals surface area contributed by atoms with Crippen LogP contribution in [0.15, 0.2) is 24.5 Å². The van der Waals surface area contributed by atoms with Crippen LogP contribution < -0.4 is 5.32 Å². The first kappa shape index (κ1) is 11.1. The van der Waals surface area contributed by atoms with Gasteiger partial charge in [-0.25, -0.2) is 9.97 Å². The number of hydrogen-bond acceptors (Lipinski definition) is 4. The van der Waals surface area contributed by atoms with E-state index < -0.39 is 0 Å². The lowest BCUT2D eigenvalue weighted by molar-refractivity contribution is 0.991. The van der Waals surface area contributed by atoms with Crippen LogP contribution in [-0.2, 0) is 0 Å². The predicted molar refractivity (Wildman–Crippen MR) is 71.5 cm³/mol. The first-order chi connectivity index (χ1) is 8.78. The fourth-order valence-electron chi connectivity index (χ4n) is 2.00. The molecule has 0 amide bonds. The second-order valence-electron chi connectivity index (χ2n) is 4.72. The van der Waals surface area contributed by atoms with Gasteiger partial charge in [0, 0.05) is 42.7 Å². The van der Waals surface area contributed by atoms with Crippen molar-refractivity contribution in [3.8, 4) is 11.4 Å². The summed E-state index contributed by atoms with van der Waals surface area (Å²) in [5, 5.41) is 3.11. The molecule has 0 saturated heterocycles. The fourth-order valence-corrected chi connectivity index (χ4v) is 2.00. The molecule has 0 aromatic carbocycles. The number of pyridine rings is 1. The first-order valence-corrected chi connectivity index (χ1v) is 6.25. The summed E-state index contributed by atoms with van der Waals surface area (Å²) in [6, 6.07) is 4.04. The fraction of sp³-hybridized carbons (Fsp3) is 0.357. The lowest BCUT2D eigenvalue weighted by Gasteiger charge is -2.08. The molecule has 2 aromatic heterocycles. The van der Waals surface area contributed by atoms with Crippen LogP contribution in [0, 0.1) is 6.92 Å². The van der Waals surface area contributed by atoms with Crippen LogP contribution in [0.1, 0.15) is 30.0 Å². The summed E-state index contributed by atoms with van der Waals surface area (Å²) >= 11 is 0. The van der Waals surface area contributed by atoms with Gasteiger partial charge in [-0.1, -0.05) is 0 Å². The number of aromatic nitrogens is 3. The van der Waals surface area contributed by atoms with Gasteiger partial charge in [0.05, 0.1) is 0 Å². The Kier molecular flexibility index (Phi) is 2.70. The molecular weight excluding hydrogens is 224 g/mol. The zero-order valence-corrected chi connectivity index (χ0v) is 10.6. The van der Waals surface area contributed by atoms with Crippen LogP contribution in [-0.4, -0.2) is 22.0 Å². The van der Waals surface area contributed by atoms with Gasteiger partial charge >= 0.3 is 0 Å². The third kappa shape index (κ3) is 2.06. The van der Waals surface area contributed by atoms with Crippen LogP contribution in [0.5, 0.6) is 0 Å². The van der Waals surface area contributed by atoms with E-state index in [-0.39, 0.29) is 0 Å². The van der Waals surface area contributed by atoms with Gasteiger partial charge in [-0.15, -0.1) is 0 Å². The van der Waals surface area contributed by atoms with Gasteiger partial charge in [0.2, 0.25) is 0 Å². The molecule has 4 nitrogen and oxygen atoms in total. The van der Waals surface area contributed by atoms with Gasteiger partial charge < -0.3 is 5.32 Å². The van der Waals surface area contributed by atoms with E-state index in [0.29, 0.717) is 5.92 Å². The Morgan fingerprint density at radius 2 is 2.11 bits per heavy atom. The zero-order valence-electron chi connectivity index (χ0n) is 10.6. The van der Waals surface area contributed by atoms with Crippen molar-refractivity contribution in [3.63, 3.8) is 0 Å². The molecule has 1 fully saturated rings. The van der Waals surface area contributed by atoms with Gasteiger partial charge in [-0.05, 0) is 31.4 Å². The predicted octanol–water partition coefficient (Wildman–Crippen LogP) is 2.77. The monoisotopic (exact) mass is 240 g/mol. The largest absolute Gasteiger partial charge is 0.373 e. The van der Waals surface area contributed by atoms with E-state index >= 15 is 0 Å². The maximum Gasteiger partial charge on any atom is 0.163 e. The summed E-state index contributed by atoms with van der Waals surface area (Å²) in [4.78, 5) is 13.4. The standard InChI is InChI=1S/C14H16N4/c1-9-5-6-16-8-11(9)14-17-12(10-3-4-10)7-13(15-2)18-14/h5-8,10H,3-4H2,1-2H3,(H,15,17,18). The van der Waals surface area contributed by atoms with E-state index in [9.17, 15) is 0 Å². The van der Waals surface area contributed by atoms with Crippen molar-refractivity contribution in [2.24, 2.45) is 0 Å². The van der Waals surface area contributed by atoms with E-state index in [0.717, 1.165) is 28.5 Å². The van der Waals surface area contributed by atoms with E-state index in [1.54, 1.807) is 6.20 Å². The summed E-state index contributed by atoms with van der Waals surface area (Å²) in [6.07, 6.45) is 6.11. The van der Waals surface area contributed by atoms with E-state index in [4.69, 9.17) is 0 Å². The quantitative estimate of drug-likeness (QED) is 0.896. The van der Waals surface area contributed by atoms with Crippen molar-refractivity contribution in [1.29, 1.82) is 0 Å². The van der Waals surface area contributed by atoms with E-state index in [2.05, 4.69) is 27.2 Å². The van der Waals surface area contributed by atoms with Crippen molar-refractivity contribution in [1.82, 2.24) is 15.0 Å². The summed E-state index contributed by atoms with van der Waals surface area (Å²) in [6.45, 7) is 2.06. The Bertz CT molecular complexity index is 576. The van der Waals surface area contributed by atoms with E-state index in [1.165, 1.54) is 12.8 Å². The molecule has 3 rings (SSSR count). The highest BCUT2D eigenvalue weighted by molar-refractivity contribution is 5.60. The van der Waals surface area contributed by atoms with Crippen molar-refractivity contribution in [2.75, 3.05) is 12.4 Å². The molecule has 0 unspecified atom stereocenters. The number of nitrogens with zero attached hydrogens (tertiary/aromatic N) is 3. The maximum absolute atomic E-state index is 4.68. The molecule has 1 aliphatic rings. The lowest BCUT2D eigenvalue weighted by atomic mass is 10.1. The molecule has 92 valence electrons. The van der Waals surface area contributed by atoms with Gasteiger partial charge in [0.15, 0.2) is 5.82 Å². The van der Waals surface area contributed by atoms with Crippen molar-refractivity contribution >= 4 is 5.82 Å². The van der Waals surface area contributed by atoms with Crippen molar-refractivity contribution in [2.45, 2.75) is 25.7 Å². The molecule has 4 heteroatoms. The van der Waals surface area contributed by atoms with Crippen molar-refractivity contribution < 1.29 is 0 Å². The lowest BCUT2D eigenvalue weighted by Crippen LogP contribution is -2.01. The Labute approximate surface area is 107 Å². The molecule has 1 aliphatic carbocycles. The molecule has 1 N–H and O–H groups in total. The molecule has 0 atom stereocenters. The van der Waals surface area contributed by atoms with Crippen LogP contribution in [0.4, 0.5) is 5.82 Å². The molecular formula is C14H16N4. The molecule has 18 heavy (non-hydrogen) atoms. The average Bonchev–Trinajstić information content (AvgIpc) is 3.23. The first-order valence-electron chi connectivity index (χ1n) is 6.25. The maximum atomic E-state index is 4.68. The van der Waals surface area contributed by atoms with Gasteiger partial charge in [0.1, 0.15) is 5.82 Å². The Balaban J connectivity index is 2.10. The zero-order chi connectivity index (χ0) is 12.5. The van der Waals surface area contributed by atoms with Crippen LogP contribution in [0.2, 0.25) is 0 Å². The van der Waals surface area contributed by atoms with Gasteiger partial charge in [-0.3, -0.25) is 4.98 Å². The minimum atomic E-state index is 0.621. The second kappa shape index (κ2) is 4.37. The second-order valence-corrected chi connectivity index (χ2v) is 4.72. The smallest absolute Gasteiger partial charge is 0.163 e. The van der Waals surface area contributed by atoms with Crippen LogP contribution >= 0.6 is 0 Å². The third-order valence-electron chi connectivity index (χ3n) is 3.28. The van der Waals surface area contributed by atoms with Gasteiger partial charge in [0.25, 0.3) is 0 Å². The highest BCUT2D eigenvalue weighted by Crippen LogP contribution is 2.40. The average molecular weight is 240 g/mol. The minimum absolute atomic E-state index is 0.621. The third-order valence-corrected chi connectivity index (χ3v) is 3.28. The van der Waals surface area contributed by atoms with E-state index in [1.807, 2.05) is 25.4 Å². The van der Waals surface area contributed by atoms with Gasteiger partial charge in [-0.2, -0.15) is 0 Å². The highest BCUT2D eigenvalue weighted by Gasteiger charge is 2.26. The number of aryl methyl sites for hydroxylation is 1. The van der Waals surface area contributed by atoms with Crippen molar-refractivity contribution in [3.05, 3.63) is 35.8 Å². The van der Waals surface area contributed by atoms with Crippen LogP contribution in [0.3, 0.4) is 0 Å². The normalized spacial score (nSPS) is 14.6. The molecule has 1 saturated carbocycles. The number of nitrogens with one attached hydrogen (secondary N) is 1. The van der Waals surface area contributed by atoms with Crippen LogP contribution in [0.25, 0.3) is 11.4 Å². The summed E-state index contributed by atoms with van der Waals surface area (Å²) < 4.78 is 0. The number of rotatable bonds is 3. The Hall–Kier alpha value is -1.97. The molecule has 0 radical (unpaired) electrons. The summed E-state index contributed by atoms with van der Waals surface area (Å²) in [7, 11) is 1.89. The minimum Gasteiger partial charge on any atom is -0.373 e. The summed E-state index contributed by atoms with van der Waals surface area (Å²) in [5.41, 5.74) is 3.31. The molecule has 2 heterocycles. The molecule has 0 aliphatic heterocycles. The molecule has 0 bridgehead atoms. The molecule has 0 spiro atoms. The topological polar surface area (TPSA) is 50.7 Å². The molecule has 2 aromatic rings. The summed E-state index contributed by atoms with van der Waals surface area (Å²) in [5.74, 6) is 2.27.